The van der Waals surface area contributed by atoms with Crippen LogP contribution in [0.3, 0.4) is 0 Å². The first-order valence-corrected chi connectivity index (χ1v) is 4.28. The molecular formula is C7H9NO3S. The molecule has 0 radical (unpaired) electrons. The highest BCUT2D eigenvalue weighted by molar-refractivity contribution is 7.08. The van der Waals surface area contributed by atoms with Gasteiger partial charge in [-0.2, -0.15) is 0 Å². The molecule has 0 saturated heterocycles. The Morgan fingerprint density at radius 1 is 1.67 bits per heavy atom. The molecule has 0 aliphatic carbocycles. The van der Waals surface area contributed by atoms with Crippen LogP contribution in [0.25, 0.3) is 0 Å². The van der Waals surface area contributed by atoms with Gasteiger partial charge < -0.3 is 15.9 Å². The number of carboxylic acid groups (broad SMARTS) is 1. The third kappa shape index (κ3) is 1.96. The first kappa shape index (κ1) is 9.02. The molecule has 0 fully saturated rings. The van der Waals surface area contributed by atoms with E-state index in [-0.39, 0.29) is 12.2 Å². The predicted octanol–water partition coefficient (Wildman–Crippen LogP) is 0.928. The summed E-state index contributed by atoms with van der Waals surface area (Å²) in [5, 5.41) is 20.8. The highest BCUT2D eigenvalue weighted by Crippen LogP contribution is 2.28. The van der Waals surface area contributed by atoms with E-state index in [1.807, 2.05) is 0 Å². The van der Waals surface area contributed by atoms with Gasteiger partial charge in [-0.1, -0.05) is 0 Å². The molecule has 0 spiro atoms. The third-order valence-corrected chi connectivity index (χ3v) is 2.21. The Labute approximate surface area is 73.3 Å². The molecule has 1 aromatic heterocycles. The van der Waals surface area contributed by atoms with Gasteiger partial charge in [0.05, 0.1) is 6.42 Å². The number of rotatable bonds is 3. The largest absolute Gasteiger partial charge is 0.507 e. The number of hydrogen-bond donors (Lipinski definition) is 3. The van der Waals surface area contributed by atoms with Gasteiger partial charge in [-0.05, 0) is 5.38 Å². The smallest absolute Gasteiger partial charge is 0.305 e. The highest BCUT2D eigenvalue weighted by atomic mass is 32.1. The summed E-state index contributed by atoms with van der Waals surface area (Å²) in [5.74, 6) is -0.887. The molecule has 0 aliphatic rings. The molecule has 12 heavy (non-hydrogen) atoms. The highest BCUT2D eigenvalue weighted by Gasteiger charge is 2.14. The first-order valence-electron chi connectivity index (χ1n) is 3.33. The van der Waals surface area contributed by atoms with Crippen molar-refractivity contribution in [3.63, 3.8) is 0 Å². The van der Waals surface area contributed by atoms with Gasteiger partial charge in [-0.25, -0.2) is 0 Å². The second-order valence-electron chi connectivity index (χ2n) is 2.42. The summed E-state index contributed by atoms with van der Waals surface area (Å²) in [7, 11) is 0. The summed E-state index contributed by atoms with van der Waals surface area (Å²) >= 11 is 1.30. The van der Waals surface area contributed by atoms with Crippen LogP contribution in [-0.2, 0) is 4.79 Å². The van der Waals surface area contributed by atoms with Crippen molar-refractivity contribution in [1.82, 2.24) is 0 Å². The van der Waals surface area contributed by atoms with E-state index < -0.39 is 12.0 Å². The van der Waals surface area contributed by atoms with E-state index >= 15 is 0 Å². The lowest BCUT2D eigenvalue weighted by molar-refractivity contribution is -0.137. The first-order chi connectivity index (χ1) is 5.61. The minimum Gasteiger partial charge on any atom is -0.507 e. The monoisotopic (exact) mass is 187 g/mol. The summed E-state index contributed by atoms with van der Waals surface area (Å²) in [5.41, 5.74) is 6.01. The molecule has 0 bridgehead atoms. The number of aromatic hydroxyl groups is 1. The quantitative estimate of drug-likeness (QED) is 0.657. The molecule has 4 nitrogen and oxygen atoms in total. The number of carboxylic acids is 1. The lowest BCUT2D eigenvalue weighted by Crippen LogP contribution is -2.14. The summed E-state index contributed by atoms with van der Waals surface area (Å²) in [6.07, 6.45) is -0.162. The van der Waals surface area contributed by atoms with Gasteiger partial charge >= 0.3 is 5.97 Å². The van der Waals surface area contributed by atoms with E-state index in [0.717, 1.165) is 0 Å². The Kier molecular flexibility index (Phi) is 2.67. The zero-order valence-corrected chi connectivity index (χ0v) is 7.04. The minimum absolute atomic E-state index is 0.0775. The lowest BCUT2D eigenvalue weighted by Gasteiger charge is -2.06. The van der Waals surface area contributed by atoms with E-state index in [2.05, 4.69) is 0 Å². The van der Waals surface area contributed by atoms with Crippen molar-refractivity contribution in [1.29, 1.82) is 0 Å². The molecule has 0 unspecified atom stereocenters. The van der Waals surface area contributed by atoms with Crippen LogP contribution in [0.2, 0.25) is 0 Å². The summed E-state index contributed by atoms with van der Waals surface area (Å²) < 4.78 is 0. The van der Waals surface area contributed by atoms with E-state index in [1.54, 1.807) is 5.38 Å². The fourth-order valence-electron chi connectivity index (χ4n) is 0.876. The van der Waals surface area contributed by atoms with Gasteiger partial charge in [0, 0.05) is 17.0 Å². The Bertz CT molecular complexity index is 284. The van der Waals surface area contributed by atoms with Gasteiger partial charge in [-0.3, -0.25) is 4.79 Å². The average Bonchev–Trinajstić information content (AvgIpc) is 2.33. The molecule has 1 rings (SSSR count). The summed E-state index contributed by atoms with van der Waals surface area (Å²) in [6.45, 7) is 0. The fraction of sp³-hybridized carbons (Fsp3) is 0.286. The van der Waals surface area contributed by atoms with Gasteiger partial charge in [-0.15, -0.1) is 11.3 Å². The maximum Gasteiger partial charge on any atom is 0.305 e. The molecule has 0 aliphatic heterocycles. The standard InChI is InChI=1S/C7H9NO3S/c8-5(1-7(10)11)4-2-12-3-6(4)9/h2-3,5,9H,1,8H2,(H,10,11)/t5-/m1/s1. The van der Waals surface area contributed by atoms with Crippen molar-refractivity contribution >= 4 is 17.3 Å². The van der Waals surface area contributed by atoms with Crippen LogP contribution in [0, 0.1) is 0 Å². The molecule has 0 saturated carbocycles. The van der Waals surface area contributed by atoms with Crippen LogP contribution in [-0.4, -0.2) is 16.2 Å². The summed E-state index contributed by atoms with van der Waals surface area (Å²) in [6, 6.07) is -0.617. The molecular weight excluding hydrogens is 178 g/mol. The average molecular weight is 187 g/mol. The molecule has 0 amide bonds. The van der Waals surface area contributed by atoms with Crippen LogP contribution in [0.4, 0.5) is 0 Å². The Morgan fingerprint density at radius 2 is 2.33 bits per heavy atom. The van der Waals surface area contributed by atoms with Gasteiger partial charge in [0.15, 0.2) is 0 Å². The fourth-order valence-corrected chi connectivity index (χ4v) is 1.65. The Morgan fingerprint density at radius 3 is 2.75 bits per heavy atom. The second kappa shape index (κ2) is 3.55. The van der Waals surface area contributed by atoms with Crippen molar-refractivity contribution in [2.45, 2.75) is 12.5 Å². The molecule has 66 valence electrons. The number of nitrogens with two attached hydrogens (primary N) is 1. The number of hydrogen-bond acceptors (Lipinski definition) is 4. The predicted molar refractivity (Wildman–Crippen MR) is 45.2 cm³/mol. The van der Waals surface area contributed by atoms with Crippen LogP contribution >= 0.6 is 11.3 Å². The van der Waals surface area contributed by atoms with Crippen molar-refractivity contribution in [3.8, 4) is 5.75 Å². The van der Waals surface area contributed by atoms with Crippen LogP contribution in [0.15, 0.2) is 10.8 Å². The zero-order chi connectivity index (χ0) is 9.14. The summed E-state index contributed by atoms with van der Waals surface area (Å²) in [4.78, 5) is 10.3. The second-order valence-corrected chi connectivity index (χ2v) is 3.16. The molecule has 5 heteroatoms. The van der Waals surface area contributed by atoms with Crippen LogP contribution in [0.5, 0.6) is 5.75 Å². The van der Waals surface area contributed by atoms with Crippen molar-refractivity contribution in [2.75, 3.05) is 0 Å². The van der Waals surface area contributed by atoms with Crippen molar-refractivity contribution in [2.24, 2.45) is 5.73 Å². The molecule has 1 atom stereocenters. The molecule has 1 aromatic rings. The van der Waals surface area contributed by atoms with Crippen LogP contribution < -0.4 is 5.73 Å². The van der Waals surface area contributed by atoms with E-state index in [9.17, 15) is 9.90 Å². The minimum atomic E-state index is -0.965. The van der Waals surface area contributed by atoms with E-state index in [0.29, 0.717) is 5.56 Å². The van der Waals surface area contributed by atoms with E-state index in [4.69, 9.17) is 10.8 Å². The number of aliphatic carboxylic acids is 1. The maximum atomic E-state index is 10.3. The Balaban J connectivity index is 2.71. The van der Waals surface area contributed by atoms with E-state index in [1.165, 1.54) is 16.7 Å². The third-order valence-electron chi connectivity index (χ3n) is 1.46. The number of carbonyl (C=O) groups is 1. The Hall–Kier alpha value is -1.07. The van der Waals surface area contributed by atoms with Gasteiger partial charge in [0.1, 0.15) is 5.75 Å². The SMILES string of the molecule is N[C@H](CC(=O)O)c1cscc1O. The van der Waals surface area contributed by atoms with Crippen molar-refractivity contribution < 1.29 is 15.0 Å². The maximum absolute atomic E-state index is 10.3. The van der Waals surface area contributed by atoms with Crippen molar-refractivity contribution in [3.05, 3.63) is 16.3 Å². The molecule has 1 heterocycles. The molecule has 0 aromatic carbocycles. The topological polar surface area (TPSA) is 83.6 Å². The van der Waals surface area contributed by atoms with Gasteiger partial charge in [0.25, 0.3) is 0 Å². The van der Waals surface area contributed by atoms with Gasteiger partial charge in [0.2, 0.25) is 0 Å². The molecule has 4 N–H and O–H groups in total. The number of thiophene rings is 1. The lowest BCUT2D eigenvalue weighted by atomic mass is 10.1. The normalized spacial score (nSPS) is 12.8. The van der Waals surface area contributed by atoms with Crippen LogP contribution in [0.1, 0.15) is 18.0 Å². The zero-order valence-electron chi connectivity index (χ0n) is 6.23.